The molecule has 2 rings (SSSR count). The van der Waals surface area contributed by atoms with E-state index in [9.17, 15) is 9.59 Å². The number of benzene rings is 1. The Bertz CT molecular complexity index is 504. The highest BCUT2D eigenvalue weighted by Crippen LogP contribution is 2.29. The summed E-state index contributed by atoms with van der Waals surface area (Å²) in [5.74, 6) is -0.269. The van der Waals surface area contributed by atoms with Gasteiger partial charge in [-0.3, -0.25) is 9.69 Å². The Kier molecular flexibility index (Phi) is 4.96. The second kappa shape index (κ2) is 6.72. The number of hydrogen-bond donors (Lipinski definition) is 1. The zero-order chi connectivity index (χ0) is 15.3. The molecule has 0 aliphatic carbocycles. The van der Waals surface area contributed by atoms with Crippen LogP contribution in [-0.2, 0) is 15.1 Å². The number of ether oxygens (including phenoxy) is 1. The van der Waals surface area contributed by atoms with Crippen molar-refractivity contribution in [3.05, 3.63) is 35.9 Å². The molecule has 3 amide bonds. The van der Waals surface area contributed by atoms with E-state index in [0.29, 0.717) is 6.61 Å². The van der Waals surface area contributed by atoms with Crippen LogP contribution in [0.1, 0.15) is 31.7 Å². The van der Waals surface area contributed by atoms with E-state index in [1.165, 1.54) is 7.05 Å². The van der Waals surface area contributed by atoms with Gasteiger partial charge < -0.3 is 10.1 Å². The number of likely N-dealkylation sites (N-methyl/N-ethyl adjacent to an activating group) is 1. The van der Waals surface area contributed by atoms with Crippen LogP contribution in [0.2, 0.25) is 0 Å². The van der Waals surface area contributed by atoms with Gasteiger partial charge in [0.25, 0.3) is 5.91 Å². The van der Waals surface area contributed by atoms with E-state index in [-0.39, 0.29) is 18.5 Å². The van der Waals surface area contributed by atoms with Crippen molar-refractivity contribution >= 4 is 11.9 Å². The van der Waals surface area contributed by atoms with Crippen LogP contribution >= 0.6 is 0 Å². The van der Waals surface area contributed by atoms with Gasteiger partial charge in [-0.25, -0.2) is 4.79 Å². The van der Waals surface area contributed by atoms with Crippen molar-refractivity contribution in [2.24, 2.45) is 0 Å². The van der Waals surface area contributed by atoms with E-state index in [2.05, 4.69) is 12.2 Å². The predicted molar refractivity (Wildman–Crippen MR) is 79.8 cm³/mol. The molecule has 1 aliphatic rings. The van der Waals surface area contributed by atoms with E-state index in [1.807, 2.05) is 30.3 Å². The Labute approximate surface area is 125 Å². The molecule has 1 N–H and O–H groups in total. The van der Waals surface area contributed by atoms with Crippen LogP contribution in [0.15, 0.2) is 30.3 Å². The van der Waals surface area contributed by atoms with E-state index < -0.39 is 5.54 Å². The van der Waals surface area contributed by atoms with Gasteiger partial charge in [0.15, 0.2) is 5.54 Å². The van der Waals surface area contributed by atoms with Gasteiger partial charge in [-0.2, -0.15) is 0 Å². The number of carbonyl (C=O) groups excluding carboxylic acids is 2. The molecule has 1 aromatic rings. The lowest BCUT2D eigenvalue weighted by molar-refractivity contribution is -0.133. The second-order valence-corrected chi connectivity index (χ2v) is 5.33. The van der Waals surface area contributed by atoms with E-state index in [1.54, 1.807) is 0 Å². The molecule has 0 saturated carbocycles. The van der Waals surface area contributed by atoms with Gasteiger partial charge in [0.05, 0.1) is 6.61 Å². The molecule has 1 aliphatic heterocycles. The largest absolute Gasteiger partial charge is 0.378 e. The summed E-state index contributed by atoms with van der Waals surface area (Å²) >= 11 is 0. The number of rotatable bonds is 7. The number of unbranched alkanes of at least 4 members (excludes halogenated alkanes) is 2. The molecule has 0 bridgehead atoms. The molecule has 1 aromatic carbocycles. The third kappa shape index (κ3) is 3.08. The van der Waals surface area contributed by atoms with Gasteiger partial charge in [0, 0.05) is 13.7 Å². The first kappa shape index (κ1) is 15.5. The molecule has 1 heterocycles. The van der Waals surface area contributed by atoms with Crippen molar-refractivity contribution in [3.63, 3.8) is 0 Å². The maximum atomic E-state index is 12.5. The first-order valence-corrected chi connectivity index (χ1v) is 7.35. The molecule has 114 valence electrons. The summed E-state index contributed by atoms with van der Waals surface area (Å²) in [6, 6.07) is 8.88. The molecular weight excluding hydrogens is 268 g/mol. The second-order valence-electron chi connectivity index (χ2n) is 5.33. The summed E-state index contributed by atoms with van der Waals surface area (Å²) in [4.78, 5) is 25.5. The molecule has 1 saturated heterocycles. The highest BCUT2D eigenvalue weighted by Gasteiger charge is 2.51. The molecule has 1 atom stereocenters. The Balaban J connectivity index is 2.16. The highest BCUT2D eigenvalue weighted by atomic mass is 16.5. The maximum Gasteiger partial charge on any atom is 0.325 e. The number of amides is 3. The molecule has 0 aromatic heterocycles. The van der Waals surface area contributed by atoms with Gasteiger partial charge in [-0.15, -0.1) is 0 Å². The van der Waals surface area contributed by atoms with Crippen LogP contribution in [0.25, 0.3) is 0 Å². The summed E-state index contributed by atoms with van der Waals surface area (Å²) in [6.45, 7) is 2.88. The van der Waals surface area contributed by atoms with Crippen molar-refractivity contribution in [1.82, 2.24) is 10.2 Å². The first-order chi connectivity index (χ1) is 10.1. The minimum atomic E-state index is -1.10. The molecule has 21 heavy (non-hydrogen) atoms. The Morgan fingerprint density at radius 2 is 1.90 bits per heavy atom. The average molecular weight is 290 g/mol. The van der Waals surface area contributed by atoms with Gasteiger partial charge in [-0.05, 0) is 12.0 Å². The minimum Gasteiger partial charge on any atom is -0.378 e. The Morgan fingerprint density at radius 3 is 2.48 bits per heavy atom. The van der Waals surface area contributed by atoms with Gasteiger partial charge in [0.1, 0.15) is 0 Å². The lowest BCUT2D eigenvalue weighted by Crippen LogP contribution is -2.48. The monoisotopic (exact) mass is 290 g/mol. The fraction of sp³-hybridized carbons (Fsp3) is 0.500. The van der Waals surface area contributed by atoms with E-state index in [4.69, 9.17) is 4.74 Å². The number of urea groups is 1. The van der Waals surface area contributed by atoms with Gasteiger partial charge in [-0.1, -0.05) is 50.1 Å². The topological polar surface area (TPSA) is 58.6 Å². The fourth-order valence-electron chi connectivity index (χ4n) is 2.48. The summed E-state index contributed by atoms with van der Waals surface area (Å²) in [5.41, 5.74) is -0.345. The molecule has 0 unspecified atom stereocenters. The first-order valence-electron chi connectivity index (χ1n) is 7.35. The van der Waals surface area contributed by atoms with Crippen LogP contribution < -0.4 is 5.32 Å². The van der Waals surface area contributed by atoms with Crippen molar-refractivity contribution in [2.45, 2.75) is 31.7 Å². The Hall–Kier alpha value is -1.88. The van der Waals surface area contributed by atoms with E-state index in [0.717, 1.165) is 29.7 Å². The smallest absolute Gasteiger partial charge is 0.325 e. The number of hydrogen-bond acceptors (Lipinski definition) is 3. The number of nitrogens with one attached hydrogen (secondary N) is 1. The Morgan fingerprint density at radius 1 is 1.19 bits per heavy atom. The van der Waals surface area contributed by atoms with Crippen molar-refractivity contribution in [2.75, 3.05) is 20.3 Å². The lowest BCUT2D eigenvalue weighted by atomic mass is 9.90. The summed E-state index contributed by atoms with van der Waals surface area (Å²) in [5, 5.41) is 2.79. The molecule has 0 radical (unpaired) electrons. The lowest BCUT2D eigenvalue weighted by Gasteiger charge is -2.26. The van der Waals surface area contributed by atoms with Gasteiger partial charge >= 0.3 is 6.03 Å². The van der Waals surface area contributed by atoms with Crippen molar-refractivity contribution in [1.29, 1.82) is 0 Å². The average Bonchev–Trinajstić information content (AvgIpc) is 2.73. The highest BCUT2D eigenvalue weighted by molar-refractivity contribution is 6.07. The third-order valence-electron chi connectivity index (χ3n) is 3.77. The quantitative estimate of drug-likeness (QED) is 0.619. The van der Waals surface area contributed by atoms with Crippen LogP contribution in [0.5, 0.6) is 0 Å². The molecular formula is C16H22N2O3. The van der Waals surface area contributed by atoms with Crippen LogP contribution in [0.3, 0.4) is 0 Å². The third-order valence-corrected chi connectivity index (χ3v) is 3.77. The molecule has 1 fully saturated rings. The predicted octanol–water partition coefficient (Wildman–Crippen LogP) is 2.27. The normalized spacial score (nSPS) is 21.7. The molecule has 5 heteroatoms. The van der Waals surface area contributed by atoms with Crippen molar-refractivity contribution < 1.29 is 14.3 Å². The standard InChI is InChI=1S/C16H22N2O3/c1-3-4-8-11-21-12-16(13-9-6-5-7-10-13)14(19)18(2)15(20)17-16/h5-7,9-10H,3-4,8,11-12H2,1-2H3,(H,17,20)/t16-/m1/s1. The summed E-state index contributed by atoms with van der Waals surface area (Å²) in [6.07, 6.45) is 3.17. The zero-order valence-electron chi connectivity index (χ0n) is 12.6. The minimum absolute atomic E-state index is 0.162. The summed E-state index contributed by atoms with van der Waals surface area (Å²) in [7, 11) is 1.49. The fourth-order valence-corrected chi connectivity index (χ4v) is 2.48. The summed E-state index contributed by atoms with van der Waals surface area (Å²) < 4.78 is 5.68. The SMILES string of the molecule is CCCCCOC[C@]1(c2ccccc2)NC(=O)N(C)C1=O. The number of carbonyl (C=O) groups is 2. The molecule has 0 spiro atoms. The van der Waals surface area contributed by atoms with Crippen LogP contribution in [0, 0.1) is 0 Å². The number of imide groups is 1. The maximum absolute atomic E-state index is 12.5. The van der Waals surface area contributed by atoms with Gasteiger partial charge in [0.2, 0.25) is 0 Å². The number of nitrogens with zero attached hydrogens (tertiary/aromatic N) is 1. The van der Waals surface area contributed by atoms with Crippen LogP contribution in [0.4, 0.5) is 4.79 Å². The van der Waals surface area contributed by atoms with Crippen molar-refractivity contribution in [3.8, 4) is 0 Å². The molecule has 5 nitrogen and oxygen atoms in total. The van der Waals surface area contributed by atoms with E-state index >= 15 is 0 Å². The van der Waals surface area contributed by atoms with Crippen LogP contribution in [-0.4, -0.2) is 37.1 Å². The zero-order valence-corrected chi connectivity index (χ0v) is 12.6.